The maximum Gasteiger partial charge on any atom is 0.148 e. The molecule has 0 aliphatic carbocycles. The Morgan fingerprint density at radius 1 is 1.30 bits per heavy atom. The Hall–Kier alpha value is -1.46. The molecule has 0 spiro atoms. The molecule has 0 radical (unpaired) electrons. The second-order valence-corrected chi connectivity index (χ2v) is 5.71. The second-order valence-electron chi connectivity index (χ2n) is 4.36. The number of halogens is 1. The molecule has 1 aromatic heterocycles. The van der Waals surface area contributed by atoms with E-state index >= 15 is 0 Å². The Morgan fingerprint density at radius 2 is 2.00 bits per heavy atom. The van der Waals surface area contributed by atoms with Gasteiger partial charge < -0.3 is 10.5 Å². The monoisotopic (exact) mass is 350 g/mol. The van der Waals surface area contributed by atoms with Gasteiger partial charge in [0.1, 0.15) is 16.5 Å². The van der Waals surface area contributed by atoms with Crippen LogP contribution >= 0.6 is 28.1 Å². The molecule has 5 heteroatoms. The lowest BCUT2D eigenvalue weighted by Crippen LogP contribution is -2.11. The van der Waals surface area contributed by atoms with Gasteiger partial charge in [0.25, 0.3) is 0 Å². The molecule has 1 heterocycles. The predicted octanol–water partition coefficient (Wildman–Crippen LogP) is 4.14. The van der Waals surface area contributed by atoms with Crippen LogP contribution in [0.4, 0.5) is 0 Å². The standard InChI is InChI=1S/C15H15BrN2OS/c1-3-12-14(6-4-9(2)18-12)19-13-7-5-10(16)8-11(13)15(17)20/h4-8H,3H2,1-2H3,(H2,17,20). The van der Waals surface area contributed by atoms with Crippen molar-refractivity contribution in [1.82, 2.24) is 4.98 Å². The van der Waals surface area contributed by atoms with Crippen LogP contribution < -0.4 is 10.5 Å². The van der Waals surface area contributed by atoms with E-state index in [1.54, 1.807) is 0 Å². The van der Waals surface area contributed by atoms with Crippen molar-refractivity contribution in [3.63, 3.8) is 0 Å². The zero-order chi connectivity index (χ0) is 14.7. The van der Waals surface area contributed by atoms with E-state index < -0.39 is 0 Å². The van der Waals surface area contributed by atoms with Gasteiger partial charge in [0.05, 0.1) is 11.3 Å². The van der Waals surface area contributed by atoms with E-state index in [0.717, 1.165) is 28.0 Å². The topological polar surface area (TPSA) is 48.1 Å². The summed E-state index contributed by atoms with van der Waals surface area (Å²) in [5.41, 5.74) is 8.34. The quantitative estimate of drug-likeness (QED) is 0.841. The number of benzene rings is 1. The van der Waals surface area contributed by atoms with Crippen molar-refractivity contribution < 1.29 is 4.74 Å². The Kier molecular flexibility index (Phi) is 4.73. The molecular weight excluding hydrogens is 336 g/mol. The highest BCUT2D eigenvalue weighted by Gasteiger charge is 2.11. The molecule has 2 rings (SSSR count). The molecule has 0 saturated carbocycles. The smallest absolute Gasteiger partial charge is 0.148 e. The first-order chi connectivity index (χ1) is 9.51. The fourth-order valence-corrected chi connectivity index (χ4v) is 2.37. The summed E-state index contributed by atoms with van der Waals surface area (Å²) in [5.74, 6) is 1.37. The first-order valence-electron chi connectivity index (χ1n) is 6.25. The second kappa shape index (κ2) is 6.33. The van der Waals surface area contributed by atoms with Crippen LogP contribution in [0, 0.1) is 6.92 Å². The van der Waals surface area contributed by atoms with E-state index in [4.69, 9.17) is 22.7 Å². The Balaban J connectivity index is 2.42. The van der Waals surface area contributed by atoms with E-state index in [0.29, 0.717) is 16.3 Å². The van der Waals surface area contributed by atoms with Gasteiger partial charge in [-0.25, -0.2) is 0 Å². The molecule has 3 nitrogen and oxygen atoms in total. The first kappa shape index (κ1) is 14.9. The molecular formula is C15H15BrN2OS. The van der Waals surface area contributed by atoms with Crippen LogP contribution in [0.1, 0.15) is 23.9 Å². The molecule has 20 heavy (non-hydrogen) atoms. The summed E-state index contributed by atoms with van der Waals surface area (Å²) in [6.07, 6.45) is 0.802. The van der Waals surface area contributed by atoms with Crippen LogP contribution in [0.3, 0.4) is 0 Å². The molecule has 2 N–H and O–H groups in total. The third-order valence-electron chi connectivity index (χ3n) is 2.83. The lowest BCUT2D eigenvalue weighted by molar-refractivity contribution is 0.472. The molecule has 0 unspecified atom stereocenters. The SMILES string of the molecule is CCc1nc(C)ccc1Oc1ccc(Br)cc1C(N)=S. The normalized spacial score (nSPS) is 10.3. The lowest BCUT2D eigenvalue weighted by Gasteiger charge is -2.13. The van der Waals surface area contributed by atoms with E-state index in [2.05, 4.69) is 20.9 Å². The molecule has 0 bridgehead atoms. The minimum atomic E-state index is 0.305. The summed E-state index contributed by atoms with van der Waals surface area (Å²) >= 11 is 8.47. The molecule has 1 aromatic carbocycles. The number of nitrogens with two attached hydrogens (primary N) is 1. The number of aryl methyl sites for hydroxylation is 2. The van der Waals surface area contributed by atoms with E-state index in [1.807, 2.05) is 44.2 Å². The average molecular weight is 351 g/mol. The molecule has 0 fully saturated rings. The van der Waals surface area contributed by atoms with Crippen molar-refractivity contribution in [3.8, 4) is 11.5 Å². The number of hydrogen-bond donors (Lipinski definition) is 1. The van der Waals surface area contributed by atoms with Gasteiger partial charge in [-0.05, 0) is 43.7 Å². The van der Waals surface area contributed by atoms with Gasteiger partial charge in [-0.15, -0.1) is 0 Å². The van der Waals surface area contributed by atoms with E-state index in [-0.39, 0.29) is 0 Å². The lowest BCUT2D eigenvalue weighted by atomic mass is 10.2. The van der Waals surface area contributed by atoms with Crippen molar-refractivity contribution >= 4 is 33.1 Å². The van der Waals surface area contributed by atoms with Gasteiger partial charge in [-0.1, -0.05) is 35.1 Å². The van der Waals surface area contributed by atoms with Gasteiger partial charge >= 0.3 is 0 Å². The first-order valence-corrected chi connectivity index (χ1v) is 7.45. The summed E-state index contributed by atoms with van der Waals surface area (Å²) in [6.45, 7) is 4.01. The maximum atomic E-state index is 5.95. The van der Waals surface area contributed by atoms with Gasteiger partial charge in [0, 0.05) is 10.2 Å². The Morgan fingerprint density at radius 3 is 2.65 bits per heavy atom. The Labute approximate surface area is 132 Å². The van der Waals surface area contributed by atoms with Crippen LogP contribution in [0.25, 0.3) is 0 Å². The zero-order valence-electron chi connectivity index (χ0n) is 11.3. The maximum absolute atomic E-state index is 5.95. The van der Waals surface area contributed by atoms with Gasteiger partial charge in [0.15, 0.2) is 0 Å². The largest absolute Gasteiger partial charge is 0.455 e. The number of hydrogen-bond acceptors (Lipinski definition) is 3. The van der Waals surface area contributed by atoms with Crippen molar-refractivity contribution in [3.05, 3.63) is 51.8 Å². The van der Waals surface area contributed by atoms with Crippen LogP contribution in [0.15, 0.2) is 34.8 Å². The fraction of sp³-hybridized carbons (Fsp3) is 0.200. The third kappa shape index (κ3) is 3.35. The number of pyridine rings is 1. The van der Waals surface area contributed by atoms with Crippen LogP contribution in [-0.2, 0) is 6.42 Å². The van der Waals surface area contributed by atoms with Crippen molar-refractivity contribution in [2.45, 2.75) is 20.3 Å². The number of thiocarbonyl (C=S) groups is 1. The highest BCUT2D eigenvalue weighted by molar-refractivity contribution is 9.10. The number of aromatic nitrogens is 1. The summed E-state index contributed by atoms with van der Waals surface area (Å²) < 4.78 is 6.86. The van der Waals surface area contributed by atoms with E-state index in [9.17, 15) is 0 Å². The summed E-state index contributed by atoms with van der Waals surface area (Å²) in [4.78, 5) is 4.79. The number of nitrogens with zero attached hydrogens (tertiary/aromatic N) is 1. The van der Waals surface area contributed by atoms with Gasteiger partial charge in [-0.3, -0.25) is 4.98 Å². The van der Waals surface area contributed by atoms with Gasteiger partial charge in [0.2, 0.25) is 0 Å². The van der Waals surface area contributed by atoms with Crippen LogP contribution in [0.5, 0.6) is 11.5 Å². The van der Waals surface area contributed by atoms with Crippen molar-refractivity contribution in [2.24, 2.45) is 5.73 Å². The number of rotatable bonds is 4. The summed E-state index contributed by atoms with van der Waals surface area (Å²) in [6, 6.07) is 9.44. The predicted molar refractivity (Wildman–Crippen MR) is 88.5 cm³/mol. The molecule has 2 aromatic rings. The minimum Gasteiger partial charge on any atom is -0.455 e. The number of ether oxygens (including phenoxy) is 1. The molecule has 104 valence electrons. The minimum absolute atomic E-state index is 0.305. The molecule has 0 atom stereocenters. The molecule has 0 amide bonds. The van der Waals surface area contributed by atoms with Crippen LogP contribution in [0.2, 0.25) is 0 Å². The third-order valence-corrected chi connectivity index (χ3v) is 3.55. The van der Waals surface area contributed by atoms with Gasteiger partial charge in [-0.2, -0.15) is 0 Å². The zero-order valence-corrected chi connectivity index (χ0v) is 13.7. The molecule has 0 aliphatic heterocycles. The molecule has 0 aliphatic rings. The summed E-state index contributed by atoms with van der Waals surface area (Å²) in [5, 5.41) is 0. The average Bonchev–Trinajstić information content (AvgIpc) is 2.42. The van der Waals surface area contributed by atoms with Crippen molar-refractivity contribution in [2.75, 3.05) is 0 Å². The highest BCUT2D eigenvalue weighted by atomic mass is 79.9. The highest BCUT2D eigenvalue weighted by Crippen LogP contribution is 2.30. The Bertz CT molecular complexity index is 658. The van der Waals surface area contributed by atoms with Crippen LogP contribution in [-0.4, -0.2) is 9.97 Å². The summed E-state index contributed by atoms with van der Waals surface area (Å²) in [7, 11) is 0. The van der Waals surface area contributed by atoms with E-state index in [1.165, 1.54) is 0 Å². The van der Waals surface area contributed by atoms with Crippen molar-refractivity contribution in [1.29, 1.82) is 0 Å². The molecule has 0 saturated heterocycles. The fourth-order valence-electron chi connectivity index (χ4n) is 1.85.